The molecule has 18 heteroatoms. The van der Waals surface area contributed by atoms with E-state index in [-0.39, 0.29) is 35.4 Å². The number of rotatable bonds is 20. The van der Waals surface area contributed by atoms with Gasteiger partial charge < -0.3 is 50.5 Å². The Bertz CT molecular complexity index is 2600. The van der Waals surface area contributed by atoms with Gasteiger partial charge in [0.2, 0.25) is 23.8 Å². The standard InChI is InChI=1S/C54H66N10O8/c1-9-19-69-43-33-15-13-16-34(43)24-38-28-42(58-54-62-48(60-52(56)64-54)32(6)50(66)68-8)30-40(46(38)72-22-12-4)26-36-18-14-17-35(44(36)70-20-10-2)25-39-29-41(27-37(23-33)45(39)71-21-11-3)57-53-61-47(59-51(55)63-53)31(5)49(65)67-7/h13-18,27-32H,9-12,19-26H2,1-8H3,(H3,55,57,59,61,63)(H3,56,58,60,62,64)/t31-,32-/m0/s1. The molecule has 380 valence electrons. The molecule has 1 aliphatic carbocycles. The maximum absolute atomic E-state index is 12.6. The van der Waals surface area contributed by atoms with Crippen molar-refractivity contribution in [3.63, 3.8) is 0 Å². The normalized spacial score (nSPS) is 12.8. The fraction of sp³-hybridized carbons (Fsp3) is 0.407. The number of benzene rings is 4. The molecule has 0 saturated carbocycles. The van der Waals surface area contributed by atoms with Crippen molar-refractivity contribution in [3.05, 3.63) is 117 Å². The zero-order chi connectivity index (χ0) is 51.3. The van der Waals surface area contributed by atoms with Gasteiger partial charge >= 0.3 is 11.9 Å². The van der Waals surface area contributed by atoms with Gasteiger partial charge in [-0.25, -0.2) is 0 Å². The number of methoxy groups -OCH3 is 2. The van der Waals surface area contributed by atoms with Crippen LogP contribution in [0, 0.1) is 0 Å². The summed E-state index contributed by atoms with van der Waals surface area (Å²) in [5.74, 6) is 1.07. The Hall–Kier alpha value is -7.76. The second-order valence-corrected chi connectivity index (χ2v) is 17.6. The molecule has 0 saturated heterocycles. The Balaban J connectivity index is 1.46. The summed E-state index contributed by atoms with van der Waals surface area (Å²) in [5.41, 5.74) is 21.1. The third-order valence-corrected chi connectivity index (χ3v) is 11.9. The van der Waals surface area contributed by atoms with Gasteiger partial charge in [-0.15, -0.1) is 0 Å². The van der Waals surface area contributed by atoms with Gasteiger partial charge in [0.05, 0.1) is 40.6 Å². The summed E-state index contributed by atoms with van der Waals surface area (Å²) in [6, 6.07) is 20.6. The van der Waals surface area contributed by atoms with Gasteiger partial charge in [-0.2, -0.15) is 29.9 Å². The van der Waals surface area contributed by atoms with E-state index in [9.17, 15) is 9.59 Å². The van der Waals surface area contributed by atoms with Crippen LogP contribution in [0.25, 0.3) is 0 Å². The highest BCUT2D eigenvalue weighted by atomic mass is 16.5. The number of nitrogens with zero attached hydrogens (tertiary/aromatic N) is 6. The number of fused-ring (bicyclic) bond motifs is 8. The van der Waals surface area contributed by atoms with Gasteiger partial charge in [0.25, 0.3) is 0 Å². The lowest BCUT2D eigenvalue weighted by molar-refractivity contribution is -0.143. The van der Waals surface area contributed by atoms with Gasteiger partial charge in [0.1, 0.15) is 46.5 Å². The monoisotopic (exact) mass is 983 g/mol. The second-order valence-electron chi connectivity index (χ2n) is 17.6. The van der Waals surface area contributed by atoms with Crippen molar-refractivity contribution >= 4 is 47.1 Å². The molecule has 6 aromatic rings. The maximum Gasteiger partial charge on any atom is 0.316 e. The van der Waals surface area contributed by atoms with E-state index in [1.807, 2.05) is 24.3 Å². The maximum atomic E-state index is 12.6. The van der Waals surface area contributed by atoms with E-state index in [1.165, 1.54) is 14.2 Å². The van der Waals surface area contributed by atoms with Crippen LogP contribution in [0.2, 0.25) is 0 Å². The van der Waals surface area contributed by atoms with E-state index in [2.05, 4.69) is 105 Å². The lowest BCUT2D eigenvalue weighted by Gasteiger charge is -2.24. The lowest BCUT2D eigenvalue weighted by atomic mass is 9.90. The van der Waals surface area contributed by atoms with Crippen LogP contribution in [-0.4, -0.2) is 82.5 Å². The summed E-state index contributed by atoms with van der Waals surface area (Å²) in [6.45, 7) is 13.6. The third-order valence-electron chi connectivity index (χ3n) is 11.9. The second kappa shape index (κ2) is 24.4. The number of nitrogens with one attached hydrogen (secondary N) is 2. The summed E-state index contributed by atoms with van der Waals surface area (Å²) in [4.78, 5) is 51.7. The topological polar surface area (TPSA) is 243 Å². The minimum Gasteiger partial charge on any atom is -0.493 e. The number of nitrogen functional groups attached to an aromatic ring is 2. The Kier molecular flexibility index (Phi) is 17.6. The lowest BCUT2D eigenvalue weighted by Crippen LogP contribution is -2.16. The summed E-state index contributed by atoms with van der Waals surface area (Å²) < 4.78 is 37.0. The number of anilines is 6. The first-order valence-electron chi connectivity index (χ1n) is 24.6. The average molecular weight is 983 g/mol. The molecule has 72 heavy (non-hydrogen) atoms. The molecule has 4 aromatic carbocycles. The molecule has 0 unspecified atom stereocenters. The largest absolute Gasteiger partial charge is 0.493 e. The minimum atomic E-state index is -0.781. The number of hydrogen-bond donors (Lipinski definition) is 4. The van der Waals surface area contributed by atoms with Crippen LogP contribution < -0.4 is 41.0 Å². The number of nitrogens with two attached hydrogens (primary N) is 2. The third kappa shape index (κ3) is 12.6. The van der Waals surface area contributed by atoms with E-state index in [0.29, 0.717) is 63.5 Å². The molecule has 7 rings (SSSR count). The van der Waals surface area contributed by atoms with Crippen LogP contribution in [0.5, 0.6) is 23.0 Å². The number of para-hydroxylation sites is 2. The van der Waals surface area contributed by atoms with Crippen molar-refractivity contribution in [2.24, 2.45) is 0 Å². The predicted octanol–water partition coefficient (Wildman–Crippen LogP) is 9.09. The van der Waals surface area contributed by atoms with Crippen molar-refractivity contribution < 1.29 is 38.0 Å². The first-order chi connectivity index (χ1) is 34.9. The predicted molar refractivity (Wildman–Crippen MR) is 276 cm³/mol. The fourth-order valence-corrected chi connectivity index (χ4v) is 8.53. The number of carbonyl (C=O) groups is 2. The van der Waals surface area contributed by atoms with Crippen molar-refractivity contribution in [2.45, 2.75) is 105 Å². The smallest absolute Gasteiger partial charge is 0.316 e. The highest BCUT2D eigenvalue weighted by molar-refractivity contribution is 5.77. The Morgan fingerprint density at radius 3 is 1.06 bits per heavy atom. The van der Waals surface area contributed by atoms with Gasteiger partial charge in [-0.1, -0.05) is 64.1 Å². The molecular formula is C54H66N10O8. The Labute approximate surface area is 421 Å². The number of carbonyl (C=O) groups excluding carboxylic acids is 2. The molecule has 8 bridgehead atoms. The molecule has 0 fully saturated rings. The molecule has 0 radical (unpaired) electrons. The molecule has 2 aromatic heterocycles. The van der Waals surface area contributed by atoms with E-state index < -0.39 is 23.8 Å². The van der Waals surface area contributed by atoms with Gasteiger partial charge in [0, 0.05) is 59.3 Å². The molecular weight excluding hydrogens is 917 g/mol. The van der Waals surface area contributed by atoms with Crippen LogP contribution in [-0.2, 0) is 44.7 Å². The first kappa shape index (κ1) is 52.1. The first-order valence-corrected chi connectivity index (χ1v) is 24.6. The quantitative estimate of drug-likeness (QED) is 0.0520. The zero-order valence-electron chi connectivity index (χ0n) is 42.5. The molecule has 2 atom stereocenters. The molecule has 0 amide bonds. The van der Waals surface area contributed by atoms with Gasteiger partial charge in [-0.3, -0.25) is 9.59 Å². The van der Waals surface area contributed by atoms with Crippen molar-refractivity contribution in [2.75, 3.05) is 62.7 Å². The highest BCUT2D eigenvalue weighted by Gasteiger charge is 2.26. The van der Waals surface area contributed by atoms with E-state index in [0.717, 1.165) is 93.2 Å². The van der Waals surface area contributed by atoms with Crippen molar-refractivity contribution in [1.82, 2.24) is 29.9 Å². The van der Waals surface area contributed by atoms with Crippen molar-refractivity contribution in [3.8, 4) is 23.0 Å². The number of ether oxygens (including phenoxy) is 6. The van der Waals surface area contributed by atoms with Gasteiger partial charge in [-0.05, 0) is 86.1 Å². The molecule has 1 aliphatic rings. The van der Waals surface area contributed by atoms with Crippen LogP contribution in [0.15, 0.2) is 60.7 Å². The molecule has 0 aliphatic heterocycles. The fourth-order valence-electron chi connectivity index (χ4n) is 8.53. The Morgan fingerprint density at radius 2 is 0.778 bits per heavy atom. The van der Waals surface area contributed by atoms with E-state index >= 15 is 0 Å². The minimum absolute atomic E-state index is 0.0436. The highest BCUT2D eigenvalue weighted by Crippen LogP contribution is 2.42. The Morgan fingerprint density at radius 1 is 0.486 bits per heavy atom. The van der Waals surface area contributed by atoms with Crippen LogP contribution in [0.3, 0.4) is 0 Å². The number of aromatic nitrogens is 6. The number of esters is 2. The molecule has 0 spiro atoms. The molecule has 2 heterocycles. The SMILES string of the molecule is CCCOc1c2cccc1Cc1cc(Nc3nc(N)nc([C@H](C)C(=O)OC)n3)cc(c1OCCC)Cc1cccc(c1OCCC)Cc1cc(Nc3nc(N)nc([C@H](C)C(=O)OC)n3)cc(c1OCCC)C2. The van der Waals surface area contributed by atoms with E-state index in [1.54, 1.807) is 13.8 Å². The zero-order valence-corrected chi connectivity index (χ0v) is 42.5. The summed E-state index contributed by atoms with van der Waals surface area (Å²) in [7, 11) is 2.63. The molecule has 18 nitrogen and oxygen atoms in total. The average Bonchev–Trinajstić information content (AvgIpc) is 3.36. The summed E-state index contributed by atoms with van der Waals surface area (Å²) in [6.07, 6.45) is 4.86. The summed E-state index contributed by atoms with van der Waals surface area (Å²) in [5, 5.41) is 6.78. The van der Waals surface area contributed by atoms with Crippen LogP contribution >= 0.6 is 0 Å². The van der Waals surface area contributed by atoms with Crippen molar-refractivity contribution in [1.29, 1.82) is 0 Å². The van der Waals surface area contributed by atoms with Crippen LogP contribution in [0.1, 0.15) is 135 Å². The van der Waals surface area contributed by atoms with Crippen LogP contribution in [0.4, 0.5) is 35.2 Å². The van der Waals surface area contributed by atoms with Gasteiger partial charge in [0.15, 0.2) is 0 Å². The van der Waals surface area contributed by atoms with E-state index in [4.69, 9.17) is 39.9 Å². The number of hydrogen-bond acceptors (Lipinski definition) is 18. The summed E-state index contributed by atoms with van der Waals surface area (Å²) >= 11 is 0. The molecule has 6 N–H and O–H groups in total.